The highest BCUT2D eigenvalue weighted by Gasteiger charge is 2.06. The summed E-state index contributed by atoms with van der Waals surface area (Å²) in [4.78, 5) is 38.3. The molecule has 7 nitrogen and oxygen atoms in total. The summed E-state index contributed by atoms with van der Waals surface area (Å²) >= 11 is 0. The van der Waals surface area contributed by atoms with Gasteiger partial charge in [-0.1, -0.05) is 6.07 Å². The highest BCUT2D eigenvalue weighted by Crippen LogP contribution is 2.14. The number of carbonyl (C=O) groups excluding carboxylic acids is 1. The first-order chi connectivity index (χ1) is 9.45. The Bertz CT molecular complexity index is 761. The van der Waals surface area contributed by atoms with Gasteiger partial charge < -0.3 is 15.6 Å². The fraction of sp³-hybridized carbons (Fsp3) is 0.154. The minimum absolute atomic E-state index is 0.0362. The van der Waals surface area contributed by atoms with Crippen LogP contribution in [0.3, 0.4) is 0 Å². The molecule has 0 unspecified atom stereocenters. The third-order valence-corrected chi connectivity index (χ3v) is 2.83. The molecule has 0 aliphatic heterocycles. The van der Waals surface area contributed by atoms with Gasteiger partial charge in [-0.15, -0.1) is 0 Å². The first-order valence-corrected chi connectivity index (χ1v) is 5.93. The standard InChI is InChI=1S/C13H14N4O3/c1-7-3-4-9(5-8(7)2)15-13(20)16-10-6-14-12(19)17-11(10)18/h3-6H,1-2H3,(H2,15,16,20)(H2,14,17,18,19). The van der Waals surface area contributed by atoms with Crippen LogP contribution in [0.5, 0.6) is 0 Å². The van der Waals surface area contributed by atoms with Crippen LogP contribution in [0.4, 0.5) is 16.2 Å². The molecule has 4 N–H and O–H groups in total. The number of nitrogens with one attached hydrogen (secondary N) is 4. The number of aromatic nitrogens is 2. The number of benzene rings is 1. The van der Waals surface area contributed by atoms with Crippen LogP contribution >= 0.6 is 0 Å². The fourth-order valence-electron chi connectivity index (χ4n) is 1.61. The summed E-state index contributed by atoms with van der Waals surface area (Å²) in [6.07, 6.45) is 1.14. The Kier molecular flexibility index (Phi) is 3.69. The largest absolute Gasteiger partial charge is 0.325 e. The van der Waals surface area contributed by atoms with Crippen molar-refractivity contribution in [3.8, 4) is 0 Å². The van der Waals surface area contributed by atoms with Crippen molar-refractivity contribution in [3.63, 3.8) is 0 Å². The minimum Gasteiger partial charge on any atom is -0.312 e. The summed E-state index contributed by atoms with van der Waals surface area (Å²) < 4.78 is 0. The van der Waals surface area contributed by atoms with Crippen molar-refractivity contribution in [2.45, 2.75) is 13.8 Å². The van der Waals surface area contributed by atoms with Gasteiger partial charge in [0.2, 0.25) is 0 Å². The number of urea groups is 1. The van der Waals surface area contributed by atoms with Crippen LogP contribution in [-0.2, 0) is 0 Å². The molecule has 0 spiro atoms. The maximum absolute atomic E-state index is 11.7. The molecule has 20 heavy (non-hydrogen) atoms. The first kappa shape index (κ1) is 13.6. The van der Waals surface area contributed by atoms with Crippen molar-refractivity contribution < 1.29 is 4.79 Å². The minimum atomic E-state index is -0.663. The zero-order valence-electron chi connectivity index (χ0n) is 11.0. The maximum Gasteiger partial charge on any atom is 0.325 e. The quantitative estimate of drug-likeness (QED) is 0.663. The predicted molar refractivity (Wildman–Crippen MR) is 76.2 cm³/mol. The van der Waals surface area contributed by atoms with Gasteiger partial charge >= 0.3 is 11.7 Å². The van der Waals surface area contributed by atoms with Crippen molar-refractivity contribution in [2.24, 2.45) is 0 Å². The van der Waals surface area contributed by atoms with Gasteiger partial charge in [0, 0.05) is 11.9 Å². The molecule has 2 aromatic rings. The first-order valence-electron chi connectivity index (χ1n) is 5.93. The van der Waals surface area contributed by atoms with E-state index in [0.717, 1.165) is 17.3 Å². The Labute approximate surface area is 114 Å². The topological polar surface area (TPSA) is 107 Å². The summed E-state index contributed by atoms with van der Waals surface area (Å²) in [7, 11) is 0. The van der Waals surface area contributed by atoms with Crippen LogP contribution < -0.4 is 21.9 Å². The second-order valence-electron chi connectivity index (χ2n) is 4.36. The SMILES string of the molecule is Cc1ccc(NC(=O)Nc2c[nH]c(=O)[nH]c2=O)cc1C. The number of hydrogen-bond donors (Lipinski definition) is 4. The van der Waals surface area contributed by atoms with Crippen LogP contribution in [0.15, 0.2) is 34.0 Å². The predicted octanol–water partition coefficient (Wildman–Crippen LogP) is 1.32. The molecule has 1 heterocycles. The Morgan fingerprint density at radius 1 is 1.10 bits per heavy atom. The molecule has 104 valence electrons. The van der Waals surface area contributed by atoms with Gasteiger partial charge in [0.05, 0.1) is 0 Å². The zero-order valence-corrected chi connectivity index (χ0v) is 11.0. The lowest BCUT2D eigenvalue weighted by molar-refractivity contribution is 0.262. The lowest BCUT2D eigenvalue weighted by atomic mass is 10.1. The van der Waals surface area contributed by atoms with Crippen molar-refractivity contribution in [2.75, 3.05) is 10.6 Å². The molecule has 2 rings (SSSR count). The molecule has 0 aliphatic rings. The third kappa shape index (κ3) is 3.14. The third-order valence-electron chi connectivity index (χ3n) is 2.83. The van der Waals surface area contributed by atoms with Gasteiger partial charge in [0.15, 0.2) is 0 Å². The van der Waals surface area contributed by atoms with E-state index in [2.05, 4.69) is 15.6 Å². The average molecular weight is 274 g/mol. The zero-order chi connectivity index (χ0) is 14.7. The van der Waals surface area contributed by atoms with Crippen molar-refractivity contribution >= 4 is 17.4 Å². The van der Waals surface area contributed by atoms with Crippen LogP contribution in [0.1, 0.15) is 11.1 Å². The molecule has 0 saturated carbocycles. The smallest absolute Gasteiger partial charge is 0.312 e. The van der Waals surface area contributed by atoms with Crippen LogP contribution in [0.2, 0.25) is 0 Å². The molecule has 1 aromatic carbocycles. The van der Waals surface area contributed by atoms with E-state index in [-0.39, 0.29) is 5.69 Å². The number of aryl methyl sites for hydroxylation is 2. The number of anilines is 2. The van der Waals surface area contributed by atoms with E-state index in [1.54, 1.807) is 6.07 Å². The highest BCUT2D eigenvalue weighted by molar-refractivity contribution is 5.99. The van der Waals surface area contributed by atoms with Gasteiger partial charge in [0.1, 0.15) is 5.69 Å². The number of hydrogen-bond acceptors (Lipinski definition) is 3. The van der Waals surface area contributed by atoms with E-state index in [9.17, 15) is 14.4 Å². The molecule has 0 aliphatic carbocycles. The molecule has 0 atom stereocenters. The second kappa shape index (κ2) is 5.43. The molecule has 1 aromatic heterocycles. The normalized spacial score (nSPS) is 10.1. The van der Waals surface area contributed by atoms with Crippen molar-refractivity contribution in [1.29, 1.82) is 0 Å². The summed E-state index contributed by atoms with van der Waals surface area (Å²) in [5.41, 5.74) is 1.45. The van der Waals surface area contributed by atoms with E-state index in [1.165, 1.54) is 0 Å². The van der Waals surface area contributed by atoms with E-state index < -0.39 is 17.3 Å². The molecular weight excluding hydrogens is 260 g/mol. The fourth-order valence-corrected chi connectivity index (χ4v) is 1.61. The summed E-state index contributed by atoms with van der Waals surface area (Å²) in [6.45, 7) is 3.91. The lowest BCUT2D eigenvalue weighted by Gasteiger charge is -2.08. The number of H-pyrrole nitrogens is 2. The molecular formula is C13H14N4O3. The van der Waals surface area contributed by atoms with E-state index >= 15 is 0 Å². The number of aromatic amines is 2. The number of carbonyl (C=O) groups is 1. The second-order valence-corrected chi connectivity index (χ2v) is 4.36. The van der Waals surface area contributed by atoms with Crippen LogP contribution in [0.25, 0.3) is 0 Å². The average Bonchev–Trinajstić information content (AvgIpc) is 2.37. The number of amides is 2. The molecule has 0 fully saturated rings. The van der Waals surface area contributed by atoms with Gasteiger partial charge in [0.25, 0.3) is 5.56 Å². The van der Waals surface area contributed by atoms with Crippen LogP contribution in [-0.4, -0.2) is 16.0 Å². The molecule has 0 saturated heterocycles. The van der Waals surface area contributed by atoms with Gasteiger partial charge in [-0.2, -0.15) is 0 Å². The summed E-state index contributed by atoms with van der Waals surface area (Å²) in [5, 5.41) is 4.96. The Hall–Kier alpha value is -2.83. The summed E-state index contributed by atoms with van der Waals surface area (Å²) in [5.74, 6) is 0. The lowest BCUT2D eigenvalue weighted by Crippen LogP contribution is -2.28. The molecule has 0 radical (unpaired) electrons. The number of rotatable bonds is 2. The Morgan fingerprint density at radius 3 is 2.50 bits per heavy atom. The molecule has 7 heteroatoms. The van der Waals surface area contributed by atoms with E-state index in [0.29, 0.717) is 5.69 Å². The van der Waals surface area contributed by atoms with Crippen molar-refractivity contribution in [1.82, 2.24) is 9.97 Å². The van der Waals surface area contributed by atoms with Gasteiger partial charge in [-0.3, -0.25) is 9.78 Å². The molecule has 2 amide bonds. The monoisotopic (exact) mass is 274 g/mol. The van der Waals surface area contributed by atoms with Gasteiger partial charge in [-0.05, 0) is 37.1 Å². The van der Waals surface area contributed by atoms with Crippen LogP contribution in [0, 0.1) is 13.8 Å². The van der Waals surface area contributed by atoms with Gasteiger partial charge in [-0.25, -0.2) is 9.59 Å². The Morgan fingerprint density at radius 2 is 1.85 bits per heavy atom. The molecule has 0 bridgehead atoms. The highest BCUT2D eigenvalue weighted by atomic mass is 16.2. The summed E-state index contributed by atoms with van der Waals surface area (Å²) in [6, 6.07) is 4.91. The van der Waals surface area contributed by atoms with E-state index in [4.69, 9.17) is 0 Å². The maximum atomic E-state index is 11.7. The van der Waals surface area contributed by atoms with Crippen molar-refractivity contribution in [3.05, 3.63) is 56.4 Å². The Balaban J connectivity index is 2.10. The van der Waals surface area contributed by atoms with E-state index in [1.807, 2.05) is 31.0 Å².